The number of hydrogen-bond donors (Lipinski definition) is 2. The minimum Gasteiger partial charge on any atom is -0.282 e. The molecule has 0 bridgehead atoms. The third-order valence-electron chi connectivity index (χ3n) is 4.81. The van der Waals surface area contributed by atoms with Crippen LogP contribution in [0, 0.1) is 0 Å². The van der Waals surface area contributed by atoms with Gasteiger partial charge in [0.2, 0.25) is 0 Å². The van der Waals surface area contributed by atoms with Crippen LogP contribution in [-0.2, 0) is 20.2 Å². The van der Waals surface area contributed by atoms with E-state index in [1.54, 1.807) is 30.3 Å². The maximum atomic E-state index is 11.4. The molecule has 0 atom stereocenters. The zero-order chi connectivity index (χ0) is 21.5. The molecule has 6 nitrogen and oxygen atoms in total. The van der Waals surface area contributed by atoms with Crippen LogP contribution in [0.1, 0.15) is 0 Å². The van der Waals surface area contributed by atoms with Crippen LogP contribution >= 0.6 is 0 Å². The van der Waals surface area contributed by atoms with Crippen LogP contribution in [0.15, 0.2) is 94.7 Å². The molecule has 0 amide bonds. The van der Waals surface area contributed by atoms with Gasteiger partial charge >= 0.3 is 0 Å². The van der Waals surface area contributed by atoms with Crippen LogP contribution in [0.2, 0.25) is 0 Å². The summed E-state index contributed by atoms with van der Waals surface area (Å²) in [6.07, 6.45) is 0. The van der Waals surface area contributed by atoms with E-state index >= 15 is 0 Å². The third kappa shape index (κ3) is 3.99. The molecule has 4 rings (SSSR count). The van der Waals surface area contributed by atoms with E-state index in [9.17, 15) is 21.4 Å². The van der Waals surface area contributed by atoms with Gasteiger partial charge in [-0.2, -0.15) is 16.8 Å². The highest BCUT2D eigenvalue weighted by molar-refractivity contribution is 7.86. The van der Waals surface area contributed by atoms with Crippen molar-refractivity contribution in [2.75, 3.05) is 0 Å². The summed E-state index contributed by atoms with van der Waals surface area (Å²) >= 11 is 0. The predicted octanol–water partition coefficient (Wildman–Crippen LogP) is 4.67. The first-order chi connectivity index (χ1) is 14.1. The number of fused-ring (bicyclic) bond motifs is 1. The molecule has 0 radical (unpaired) electrons. The molecule has 152 valence electrons. The second-order valence-electron chi connectivity index (χ2n) is 6.74. The Kier molecular flexibility index (Phi) is 4.95. The van der Waals surface area contributed by atoms with Gasteiger partial charge in [-0.15, -0.1) is 0 Å². The fourth-order valence-corrected chi connectivity index (χ4v) is 4.36. The first-order valence-electron chi connectivity index (χ1n) is 8.81. The maximum absolute atomic E-state index is 11.4. The van der Waals surface area contributed by atoms with Crippen molar-refractivity contribution in [2.45, 2.75) is 9.79 Å². The Labute approximate surface area is 173 Å². The van der Waals surface area contributed by atoms with Crippen molar-refractivity contribution in [3.63, 3.8) is 0 Å². The lowest BCUT2D eigenvalue weighted by Gasteiger charge is -2.10. The summed E-state index contributed by atoms with van der Waals surface area (Å²) in [5.41, 5.74) is 3.39. The Morgan fingerprint density at radius 2 is 1.13 bits per heavy atom. The number of hydrogen-bond acceptors (Lipinski definition) is 4. The Morgan fingerprint density at radius 1 is 0.533 bits per heavy atom. The fraction of sp³-hybridized carbons (Fsp3) is 0. The number of rotatable bonds is 4. The first kappa shape index (κ1) is 20.2. The summed E-state index contributed by atoms with van der Waals surface area (Å²) in [6.45, 7) is 0. The second-order valence-corrected chi connectivity index (χ2v) is 9.59. The highest BCUT2D eigenvalue weighted by Crippen LogP contribution is 2.32. The van der Waals surface area contributed by atoms with E-state index in [1.807, 2.05) is 30.3 Å². The maximum Gasteiger partial charge on any atom is 0.294 e. The second kappa shape index (κ2) is 7.33. The van der Waals surface area contributed by atoms with Crippen LogP contribution < -0.4 is 0 Å². The van der Waals surface area contributed by atoms with Gasteiger partial charge in [-0.3, -0.25) is 9.11 Å². The predicted molar refractivity (Wildman–Crippen MR) is 114 cm³/mol. The standard InChI is InChI=1S/C22H16O6S2/c23-29(24,25)19-9-7-15(8-10-19)16-3-1-4-17(13-16)21-6-2-5-18-14-20(30(26,27)28)11-12-22(18)21/h1-14H,(H,23,24,25)(H,26,27,28). The SMILES string of the molecule is O=S(=O)(O)c1ccc(-c2cccc(-c3cccc4cc(S(=O)(=O)O)ccc34)c2)cc1. The summed E-state index contributed by atoms with van der Waals surface area (Å²) in [6, 6.07) is 23.4. The van der Waals surface area contributed by atoms with Gasteiger partial charge in [0.15, 0.2) is 0 Å². The van der Waals surface area contributed by atoms with E-state index in [0.29, 0.717) is 5.39 Å². The molecular weight excluding hydrogens is 424 g/mol. The van der Waals surface area contributed by atoms with Gasteiger partial charge in [-0.25, -0.2) is 0 Å². The van der Waals surface area contributed by atoms with Crippen molar-refractivity contribution in [2.24, 2.45) is 0 Å². The highest BCUT2D eigenvalue weighted by Gasteiger charge is 2.13. The molecule has 0 aliphatic rings. The zero-order valence-electron chi connectivity index (χ0n) is 15.4. The average Bonchev–Trinajstić information content (AvgIpc) is 2.72. The van der Waals surface area contributed by atoms with Crippen molar-refractivity contribution in [3.8, 4) is 22.3 Å². The Bertz CT molecular complexity index is 1470. The first-order valence-corrected chi connectivity index (χ1v) is 11.7. The van der Waals surface area contributed by atoms with Crippen molar-refractivity contribution in [1.29, 1.82) is 0 Å². The molecule has 0 aliphatic heterocycles. The molecule has 8 heteroatoms. The normalized spacial score (nSPS) is 12.2. The van der Waals surface area contributed by atoms with E-state index in [2.05, 4.69) is 0 Å². The van der Waals surface area contributed by atoms with Crippen LogP contribution in [0.25, 0.3) is 33.0 Å². The topological polar surface area (TPSA) is 109 Å². The van der Waals surface area contributed by atoms with Gasteiger partial charge in [0, 0.05) is 0 Å². The summed E-state index contributed by atoms with van der Waals surface area (Å²) in [5.74, 6) is 0. The molecule has 0 aliphatic carbocycles. The summed E-state index contributed by atoms with van der Waals surface area (Å²) in [5, 5.41) is 1.49. The summed E-state index contributed by atoms with van der Waals surface area (Å²) in [7, 11) is -8.54. The molecule has 0 aromatic heterocycles. The lowest BCUT2D eigenvalue weighted by Crippen LogP contribution is -1.97. The largest absolute Gasteiger partial charge is 0.294 e. The molecule has 0 fully saturated rings. The van der Waals surface area contributed by atoms with Crippen molar-refractivity contribution < 1.29 is 25.9 Å². The molecule has 0 spiro atoms. The van der Waals surface area contributed by atoms with Gasteiger partial charge in [0.25, 0.3) is 20.2 Å². The lowest BCUT2D eigenvalue weighted by atomic mass is 9.95. The highest BCUT2D eigenvalue weighted by atomic mass is 32.2. The van der Waals surface area contributed by atoms with Crippen molar-refractivity contribution in [3.05, 3.63) is 84.9 Å². The van der Waals surface area contributed by atoms with Gasteiger partial charge in [-0.1, -0.05) is 54.6 Å². The van der Waals surface area contributed by atoms with E-state index in [-0.39, 0.29) is 9.79 Å². The van der Waals surface area contributed by atoms with Crippen LogP contribution in [0.5, 0.6) is 0 Å². The summed E-state index contributed by atoms with van der Waals surface area (Å²) in [4.78, 5) is -0.342. The monoisotopic (exact) mass is 440 g/mol. The molecule has 30 heavy (non-hydrogen) atoms. The molecule has 0 saturated carbocycles. The lowest BCUT2D eigenvalue weighted by molar-refractivity contribution is 0.481. The minimum atomic E-state index is -4.29. The Morgan fingerprint density at radius 3 is 1.80 bits per heavy atom. The van der Waals surface area contributed by atoms with E-state index < -0.39 is 20.2 Å². The Balaban J connectivity index is 1.80. The molecule has 0 unspecified atom stereocenters. The van der Waals surface area contributed by atoms with Gasteiger partial charge in [0.05, 0.1) is 9.79 Å². The molecule has 4 aromatic rings. The quantitative estimate of drug-likeness (QED) is 0.447. The van der Waals surface area contributed by atoms with E-state index in [0.717, 1.165) is 27.6 Å². The minimum absolute atomic E-state index is 0.167. The molecule has 0 heterocycles. The van der Waals surface area contributed by atoms with Gasteiger partial charge in [-0.05, 0) is 63.4 Å². The van der Waals surface area contributed by atoms with Crippen LogP contribution in [0.3, 0.4) is 0 Å². The fourth-order valence-electron chi connectivity index (χ4n) is 3.36. The van der Waals surface area contributed by atoms with Crippen molar-refractivity contribution in [1.82, 2.24) is 0 Å². The molecule has 4 aromatic carbocycles. The Hall–Kier alpha value is -3.04. The third-order valence-corrected chi connectivity index (χ3v) is 6.53. The van der Waals surface area contributed by atoms with Gasteiger partial charge < -0.3 is 0 Å². The summed E-state index contributed by atoms with van der Waals surface area (Å²) < 4.78 is 63.7. The molecule has 2 N–H and O–H groups in total. The number of benzene rings is 4. The molecule has 0 saturated heterocycles. The smallest absolute Gasteiger partial charge is 0.282 e. The van der Waals surface area contributed by atoms with Crippen molar-refractivity contribution >= 4 is 31.0 Å². The van der Waals surface area contributed by atoms with E-state index in [4.69, 9.17) is 4.55 Å². The van der Waals surface area contributed by atoms with Gasteiger partial charge in [0.1, 0.15) is 0 Å². The molecular formula is C22H16O6S2. The van der Waals surface area contributed by atoms with Crippen LogP contribution in [-0.4, -0.2) is 25.9 Å². The average molecular weight is 440 g/mol. The van der Waals surface area contributed by atoms with Crippen LogP contribution in [0.4, 0.5) is 0 Å². The zero-order valence-corrected chi connectivity index (χ0v) is 17.1. The van der Waals surface area contributed by atoms with E-state index in [1.165, 1.54) is 24.3 Å².